The van der Waals surface area contributed by atoms with Crippen LogP contribution in [0.25, 0.3) is 0 Å². The van der Waals surface area contributed by atoms with Gasteiger partial charge in [-0.05, 0) is 49.8 Å². The van der Waals surface area contributed by atoms with Crippen molar-refractivity contribution >= 4 is 35.2 Å². The molecule has 7 heteroatoms. The van der Waals surface area contributed by atoms with Gasteiger partial charge < -0.3 is 15.1 Å². The van der Waals surface area contributed by atoms with Crippen LogP contribution in [0.3, 0.4) is 0 Å². The Bertz CT molecular complexity index is 789. The van der Waals surface area contributed by atoms with Crippen LogP contribution in [0, 0.1) is 11.8 Å². The second-order valence-electron chi connectivity index (χ2n) is 8.15. The zero-order valence-corrected chi connectivity index (χ0v) is 17.1. The summed E-state index contributed by atoms with van der Waals surface area (Å²) in [6, 6.07) is 5.48. The van der Waals surface area contributed by atoms with Gasteiger partial charge >= 0.3 is 0 Å². The molecule has 0 aromatic heterocycles. The fourth-order valence-corrected chi connectivity index (χ4v) is 5.04. The van der Waals surface area contributed by atoms with Gasteiger partial charge in [-0.2, -0.15) is 0 Å². The predicted octanol–water partition coefficient (Wildman–Crippen LogP) is 2.84. The van der Waals surface area contributed by atoms with Gasteiger partial charge in [0.25, 0.3) is 5.91 Å². The zero-order valence-electron chi connectivity index (χ0n) is 16.3. The van der Waals surface area contributed by atoms with Crippen molar-refractivity contribution in [2.24, 2.45) is 11.8 Å². The third kappa shape index (κ3) is 4.04. The SMILES string of the molecule is CC1CCN(C(=O)C2CCCN(C(=O)c3ccc4c(c3)NC(=O)CS4)C2)CC1. The first-order valence-electron chi connectivity index (χ1n) is 10.2. The van der Waals surface area contributed by atoms with Crippen molar-refractivity contribution in [1.82, 2.24) is 9.80 Å². The first-order valence-corrected chi connectivity index (χ1v) is 11.1. The number of likely N-dealkylation sites (tertiary alicyclic amines) is 2. The van der Waals surface area contributed by atoms with Crippen LogP contribution in [-0.2, 0) is 9.59 Å². The van der Waals surface area contributed by atoms with Gasteiger partial charge in [-0.15, -0.1) is 11.8 Å². The summed E-state index contributed by atoms with van der Waals surface area (Å²) >= 11 is 1.49. The largest absolute Gasteiger partial charge is 0.342 e. The lowest BCUT2D eigenvalue weighted by atomic mass is 9.93. The molecule has 2 saturated heterocycles. The third-order valence-electron chi connectivity index (χ3n) is 6.01. The van der Waals surface area contributed by atoms with E-state index in [9.17, 15) is 14.4 Å². The minimum Gasteiger partial charge on any atom is -0.342 e. The van der Waals surface area contributed by atoms with E-state index in [0.29, 0.717) is 36.0 Å². The van der Waals surface area contributed by atoms with Crippen LogP contribution in [0.4, 0.5) is 5.69 Å². The van der Waals surface area contributed by atoms with E-state index in [2.05, 4.69) is 12.2 Å². The van der Waals surface area contributed by atoms with Crippen LogP contribution in [0.2, 0.25) is 0 Å². The van der Waals surface area contributed by atoms with E-state index in [1.807, 2.05) is 17.0 Å². The lowest BCUT2D eigenvalue weighted by Gasteiger charge is -2.37. The topological polar surface area (TPSA) is 69.7 Å². The van der Waals surface area contributed by atoms with Crippen LogP contribution >= 0.6 is 11.8 Å². The van der Waals surface area contributed by atoms with Crippen LogP contribution < -0.4 is 5.32 Å². The minimum absolute atomic E-state index is 0.0402. The molecule has 150 valence electrons. The summed E-state index contributed by atoms with van der Waals surface area (Å²) in [5.74, 6) is 1.11. The van der Waals surface area contributed by atoms with E-state index >= 15 is 0 Å². The molecule has 6 nitrogen and oxygen atoms in total. The van der Waals surface area contributed by atoms with E-state index in [0.717, 1.165) is 43.7 Å². The molecule has 1 N–H and O–H groups in total. The molecule has 1 aromatic carbocycles. The second kappa shape index (κ2) is 8.15. The number of amides is 3. The molecule has 2 fully saturated rings. The number of piperidine rings is 2. The van der Waals surface area contributed by atoms with Gasteiger partial charge in [-0.25, -0.2) is 0 Å². The molecule has 28 heavy (non-hydrogen) atoms. The van der Waals surface area contributed by atoms with Crippen LogP contribution in [-0.4, -0.2) is 59.5 Å². The number of carbonyl (C=O) groups excluding carboxylic acids is 3. The highest BCUT2D eigenvalue weighted by Gasteiger charge is 2.33. The zero-order chi connectivity index (χ0) is 19.7. The van der Waals surface area contributed by atoms with Gasteiger partial charge in [-0.3, -0.25) is 14.4 Å². The number of nitrogens with zero attached hydrogens (tertiary/aromatic N) is 2. The number of rotatable bonds is 2. The molecular weight excluding hydrogens is 374 g/mol. The average molecular weight is 402 g/mol. The summed E-state index contributed by atoms with van der Waals surface area (Å²) in [6.45, 7) is 5.08. The highest BCUT2D eigenvalue weighted by Crippen LogP contribution is 2.32. The molecular formula is C21H27N3O3S. The molecule has 0 saturated carbocycles. The third-order valence-corrected chi connectivity index (χ3v) is 7.09. The fourth-order valence-electron chi connectivity index (χ4n) is 4.25. The van der Waals surface area contributed by atoms with Gasteiger partial charge in [0.05, 0.1) is 17.4 Å². The highest BCUT2D eigenvalue weighted by atomic mass is 32.2. The van der Waals surface area contributed by atoms with Gasteiger partial charge in [0.1, 0.15) is 0 Å². The van der Waals surface area contributed by atoms with Crippen molar-refractivity contribution in [1.29, 1.82) is 0 Å². The molecule has 3 aliphatic rings. The summed E-state index contributed by atoms with van der Waals surface area (Å²) in [7, 11) is 0. The average Bonchev–Trinajstić information content (AvgIpc) is 2.73. The van der Waals surface area contributed by atoms with Gasteiger partial charge in [0, 0.05) is 36.6 Å². The number of hydrogen-bond acceptors (Lipinski definition) is 4. The fraction of sp³-hybridized carbons (Fsp3) is 0.571. The predicted molar refractivity (Wildman–Crippen MR) is 109 cm³/mol. The molecule has 1 atom stereocenters. The molecule has 1 unspecified atom stereocenters. The number of fused-ring (bicyclic) bond motifs is 1. The maximum Gasteiger partial charge on any atom is 0.253 e. The smallest absolute Gasteiger partial charge is 0.253 e. The van der Waals surface area contributed by atoms with Crippen LogP contribution in [0.5, 0.6) is 0 Å². The Morgan fingerprint density at radius 2 is 1.89 bits per heavy atom. The molecule has 3 aliphatic heterocycles. The van der Waals surface area contributed by atoms with Crippen molar-refractivity contribution in [3.8, 4) is 0 Å². The molecule has 3 heterocycles. The summed E-state index contributed by atoms with van der Waals surface area (Å²) < 4.78 is 0. The summed E-state index contributed by atoms with van der Waals surface area (Å²) in [4.78, 5) is 42.4. The van der Waals surface area contributed by atoms with Crippen LogP contribution in [0.1, 0.15) is 43.0 Å². The van der Waals surface area contributed by atoms with Crippen molar-refractivity contribution in [3.05, 3.63) is 23.8 Å². The molecule has 0 radical (unpaired) electrons. The number of carbonyl (C=O) groups is 3. The molecule has 1 aromatic rings. The summed E-state index contributed by atoms with van der Waals surface area (Å²) in [5, 5.41) is 2.84. The Balaban J connectivity index is 1.43. The number of hydrogen-bond donors (Lipinski definition) is 1. The molecule has 3 amide bonds. The monoisotopic (exact) mass is 401 g/mol. The number of anilines is 1. The normalized spacial score (nSPS) is 23.2. The first kappa shape index (κ1) is 19.3. The van der Waals surface area contributed by atoms with Crippen molar-refractivity contribution in [2.45, 2.75) is 37.5 Å². The van der Waals surface area contributed by atoms with E-state index in [1.165, 1.54) is 11.8 Å². The number of nitrogens with one attached hydrogen (secondary N) is 1. The van der Waals surface area contributed by atoms with Crippen molar-refractivity contribution < 1.29 is 14.4 Å². The Morgan fingerprint density at radius 1 is 1.11 bits per heavy atom. The van der Waals surface area contributed by atoms with E-state index in [-0.39, 0.29) is 23.6 Å². The lowest BCUT2D eigenvalue weighted by molar-refractivity contribution is -0.138. The van der Waals surface area contributed by atoms with Gasteiger partial charge in [0.15, 0.2) is 0 Å². The van der Waals surface area contributed by atoms with Gasteiger partial charge in [0.2, 0.25) is 11.8 Å². The molecule has 0 bridgehead atoms. The maximum atomic E-state index is 13.0. The quantitative estimate of drug-likeness (QED) is 0.827. The highest BCUT2D eigenvalue weighted by molar-refractivity contribution is 8.00. The Morgan fingerprint density at radius 3 is 2.68 bits per heavy atom. The number of thioether (sulfide) groups is 1. The molecule has 4 rings (SSSR count). The Kier molecular flexibility index (Phi) is 5.62. The molecule has 0 aliphatic carbocycles. The van der Waals surface area contributed by atoms with Gasteiger partial charge in [-0.1, -0.05) is 6.92 Å². The lowest BCUT2D eigenvalue weighted by Crippen LogP contribution is -2.48. The van der Waals surface area contributed by atoms with E-state index in [4.69, 9.17) is 0 Å². The van der Waals surface area contributed by atoms with E-state index in [1.54, 1.807) is 11.0 Å². The maximum absolute atomic E-state index is 13.0. The minimum atomic E-state index is -0.0982. The van der Waals surface area contributed by atoms with Crippen molar-refractivity contribution in [2.75, 3.05) is 37.2 Å². The summed E-state index contributed by atoms with van der Waals surface area (Å²) in [6.07, 6.45) is 3.84. The molecule has 0 spiro atoms. The number of benzene rings is 1. The van der Waals surface area contributed by atoms with Crippen molar-refractivity contribution in [3.63, 3.8) is 0 Å². The Labute approximate surface area is 170 Å². The summed E-state index contributed by atoms with van der Waals surface area (Å²) in [5.41, 5.74) is 1.28. The van der Waals surface area contributed by atoms with E-state index < -0.39 is 0 Å². The standard InChI is InChI=1S/C21H27N3O3S/c1-14-6-9-23(10-7-14)21(27)16-3-2-8-24(12-16)20(26)15-4-5-18-17(11-15)22-19(25)13-28-18/h4-5,11,14,16H,2-3,6-10,12-13H2,1H3,(H,22,25). The first-order chi connectivity index (χ1) is 13.5. The van der Waals surface area contributed by atoms with Crippen LogP contribution in [0.15, 0.2) is 23.1 Å². The second-order valence-corrected chi connectivity index (χ2v) is 9.16. The Hall–Kier alpha value is -2.02.